The largest absolute Gasteiger partial charge is 0.285 e. The first kappa shape index (κ1) is 75.0. The monoisotopic (exact) mass is 1220 g/mol. The second-order valence-corrected chi connectivity index (χ2v) is 33.7. The molecule has 0 saturated heterocycles. The highest BCUT2D eigenvalue weighted by Gasteiger charge is 2.21. The van der Waals surface area contributed by atoms with Crippen LogP contribution in [0, 0.1) is 16.2 Å². The molecule has 9 heterocycles. The summed E-state index contributed by atoms with van der Waals surface area (Å²) in [6.45, 7) is 60.4. The Hall–Kier alpha value is -4.06. The van der Waals surface area contributed by atoms with Crippen LogP contribution in [0.15, 0.2) is 114 Å². The lowest BCUT2D eigenvalue weighted by atomic mass is 9.90. The van der Waals surface area contributed by atoms with Gasteiger partial charge in [0.05, 0.1) is 28.6 Å². The fourth-order valence-corrected chi connectivity index (χ4v) is 10.3. The molecule has 0 bridgehead atoms. The minimum absolute atomic E-state index is 0.132. The molecule has 0 spiro atoms. The topological polar surface area (TPSA) is 127 Å². The third kappa shape index (κ3) is 32.5. The van der Waals surface area contributed by atoms with Gasteiger partial charge in [-0.15, -0.1) is 34.0 Å². The SMILES string of the molecule is CC(C)(C)C1=CCC=N1.CC(C)(C)C1=NCC=C1.CC(C)(C)C1=NCC=N1.CC(C)(C)c1ccns1.CC(C)(C)c1ccsc1.CC(C)(C)c1cncs1.CC(C)(C)c1nccs1.CC(C)(C)c1nccs1.CC(C)(C)c1ncns1. The summed E-state index contributed by atoms with van der Waals surface area (Å²) in [6.07, 6.45) is 20.3. The first-order valence-corrected chi connectivity index (χ1v) is 33.0. The van der Waals surface area contributed by atoms with Crippen molar-refractivity contribution >= 4 is 92.4 Å². The van der Waals surface area contributed by atoms with E-state index in [0.717, 1.165) is 30.4 Å². The summed E-state index contributed by atoms with van der Waals surface area (Å²) >= 11 is 9.97. The van der Waals surface area contributed by atoms with E-state index in [4.69, 9.17) is 0 Å². The molecule has 0 aromatic carbocycles. The molecule has 6 aromatic rings. The predicted molar refractivity (Wildman–Crippen MR) is 367 cm³/mol. The molecular formula is C65H104N10S6. The molecule has 0 aliphatic carbocycles. The number of nitrogens with zero attached hydrogens (tertiary/aromatic N) is 10. The van der Waals surface area contributed by atoms with E-state index in [9.17, 15) is 0 Å². The van der Waals surface area contributed by atoms with Crippen LogP contribution in [-0.2, 0) is 32.5 Å². The molecule has 0 N–H and O–H groups in total. The van der Waals surface area contributed by atoms with Gasteiger partial charge in [0.1, 0.15) is 17.2 Å². The highest BCUT2D eigenvalue weighted by atomic mass is 32.1. The number of hydrogen-bond acceptors (Lipinski definition) is 16. The minimum atomic E-state index is 0.132. The number of amidine groups is 1. The highest BCUT2D eigenvalue weighted by molar-refractivity contribution is 7.10. The van der Waals surface area contributed by atoms with E-state index in [1.165, 1.54) is 48.3 Å². The number of thiazole rings is 3. The molecule has 0 saturated carbocycles. The average molecular weight is 1220 g/mol. The van der Waals surface area contributed by atoms with Gasteiger partial charge in [-0.2, -0.15) is 15.7 Å². The van der Waals surface area contributed by atoms with E-state index in [1.807, 2.05) is 53.5 Å². The number of aromatic nitrogens is 6. The zero-order chi connectivity index (χ0) is 62.2. The molecule has 0 fully saturated rings. The molecule has 0 unspecified atom stereocenters. The number of allylic oxidation sites excluding steroid dienone is 3. The maximum Gasteiger partial charge on any atom is 0.129 e. The molecule has 0 amide bonds. The lowest BCUT2D eigenvalue weighted by Crippen LogP contribution is -2.16. The van der Waals surface area contributed by atoms with E-state index < -0.39 is 0 Å². The van der Waals surface area contributed by atoms with Crippen LogP contribution in [0.4, 0.5) is 0 Å². The number of rotatable bonds is 0. The van der Waals surface area contributed by atoms with Crippen molar-refractivity contribution in [3.63, 3.8) is 0 Å². The molecular weight excluding hydrogens is 1110 g/mol. The smallest absolute Gasteiger partial charge is 0.129 e. The van der Waals surface area contributed by atoms with Crippen LogP contribution >= 0.6 is 68.4 Å². The molecule has 3 aliphatic heterocycles. The van der Waals surface area contributed by atoms with Crippen LogP contribution in [-0.4, -0.2) is 65.7 Å². The maximum absolute atomic E-state index is 4.31. The summed E-state index contributed by atoms with van der Waals surface area (Å²) in [4.78, 5) is 36.1. The normalized spacial score (nSPS) is 14.0. The van der Waals surface area contributed by atoms with Gasteiger partial charge in [0.15, 0.2) is 0 Å². The number of aliphatic imine (C=N–C) groups is 4. The van der Waals surface area contributed by atoms with Crippen LogP contribution in [0.1, 0.15) is 224 Å². The van der Waals surface area contributed by atoms with Gasteiger partial charge in [-0.1, -0.05) is 199 Å². The summed E-state index contributed by atoms with van der Waals surface area (Å²) in [5, 5.41) is 11.9. The average Bonchev–Trinajstić information content (AvgIpc) is 4.21. The molecule has 6 aromatic heterocycles. The summed E-state index contributed by atoms with van der Waals surface area (Å²) in [5.41, 5.74) is 7.90. The minimum Gasteiger partial charge on any atom is -0.285 e. The van der Waals surface area contributed by atoms with Crippen molar-refractivity contribution < 1.29 is 0 Å². The van der Waals surface area contributed by atoms with Gasteiger partial charge in [0.2, 0.25) is 0 Å². The number of hydrogen-bond donors (Lipinski definition) is 0. The van der Waals surface area contributed by atoms with Crippen molar-refractivity contribution in [2.24, 2.45) is 36.2 Å². The maximum atomic E-state index is 4.31. The first-order valence-electron chi connectivity index (χ1n) is 27.9. The molecule has 0 atom stereocenters. The van der Waals surface area contributed by atoms with Gasteiger partial charge in [-0.25, -0.2) is 24.3 Å². The van der Waals surface area contributed by atoms with Crippen molar-refractivity contribution in [2.75, 3.05) is 13.1 Å². The van der Waals surface area contributed by atoms with E-state index in [2.05, 4.69) is 277 Å². The van der Waals surface area contributed by atoms with E-state index in [-0.39, 0.29) is 43.3 Å². The van der Waals surface area contributed by atoms with E-state index >= 15 is 0 Å². The molecule has 10 nitrogen and oxygen atoms in total. The zero-order valence-corrected chi connectivity index (χ0v) is 59.8. The summed E-state index contributed by atoms with van der Waals surface area (Å²) in [6, 6.07) is 4.26. The summed E-state index contributed by atoms with van der Waals surface area (Å²) in [5.74, 6) is 0.975. The third-order valence-electron chi connectivity index (χ3n) is 10.9. The van der Waals surface area contributed by atoms with Crippen molar-refractivity contribution in [1.82, 2.24) is 28.7 Å². The summed E-state index contributed by atoms with van der Waals surface area (Å²) < 4.78 is 7.95. The fourth-order valence-electron chi connectivity index (χ4n) is 6.02. The van der Waals surface area contributed by atoms with Gasteiger partial charge in [-0.3, -0.25) is 20.0 Å². The Morgan fingerprint density at radius 1 is 0.444 bits per heavy atom. The van der Waals surface area contributed by atoms with Crippen LogP contribution < -0.4 is 0 Å². The molecule has 450 valence electrons. The van der Waals surface area contributed by atoms with Crippen molar-refractivity contribution in [3.8, 4) is 0 Å². The standard InChI is InChI=1S/2C8H13N.C8H12S.C7H12N2.4C7H11NS.C6H10N2S/c2*1-8(2,3)7-5-4-6-9-7;1-8(2,3)7-4-5-9-6-7;1-7(2,3)6-8-4-5-9-6;1-7(2,3)6-4-8-5-9-6;2*1-7(2,3)6-8-4-5-9-6;1-7(2,3)6-4-5-8-9-6;1-6(2,3)5-7-4-8-9-5/h5-6H,4H2,1-3H3;4-5H,6H2,1-3H3;4-6H,1-3H3;4H,5H2,1-3H3;4*4-5H,1-3H3;4H,1-3H3. The van der Waals surface area contributed by atoms with Gasteiger partial charge in [0, 0.05) is 108 Å². The Bertz CT molecular complexity index is 2290. The van der Waals surface area contributed by atoms with Crippen LogP contribution in [0.25, 0.3) is 0 Å². The summed E-state index contributed by atoms with van der Waals surface area (Å²) in [7, 11) is 0. The Morgan fingerprint density at radius 2 is 1.01 bits per heavy atom. The van der Waals surface area contributed by atoms with Crippen molar-refractivity contribution in [2.45, 2.75) is 226 Å². The fraction of sp³-hybridized carbons (Fsp3) is 0.600. The Kier molecular flexibility index (Phi) is 30.9. The van der Waals surface area contributed by atoms with Gasteiger partial charge in [0.25, 0.3) is 0 Å². The molecule has 0 radical (unpaired) electrons. The van der Waals surface area contributed by atoms with Gasteiger partial charge < -0.3 is 0 Å². The molecule has 9 rings (SSSR count). The van der Waals surface area contributed by atoms with Crippen LogP contribution in [0.5, 0.6) is 0 Å². The Morgan fingerprint density at radius 3 is 1.21 bits per heavy atom. The Balaban J connectivity index is 0.000000456. The van der Waals surface area contributed by atoms with E-state index in [0.29, 0.717) is 5.41 Å². The lowest BCUT2D eigenvalue weighted by molar-refractivity contribution is 0.500. The first-order chi connectivity index (χ1) is 36.9. The quantitative estimate of drug-likeness (QED) is 0.149. The zero-order valence-electron chi connectivity index (χ0n) is 54.9. The van der Waals surface area contributed by atoms with Gasteiger partial charge in [-0.05, 0) is 73.8 Å². The predicted octanol–water partition coefficient (Wildman–Crippen LogP) is 20.6. The Labute approximate surface area is 517 Å². The van der Waals surface area contributed by atoms with Crippen molar-refractivity contribution in [1.29, 1.82) is 0 Å². The third-order valence-corrected chi connectivity index (χ3v) is 17.5. The molecule has 3 aliphatic rings. The molecule has 81 heavy (non-hydrogen) atoms. The molecule has 16 heteroatoms. The second kappa shape index (κ2) is 33.4. The van der Waals surface area contributed by atoms with Gasteiger partial charge >= 0.3 is 0 Å². The van der Waals surface area contributed by atoms with Crippen LogP contribution in [0.3, 0.4) is 0 Å². The van der Waals surface area contributed by atoms with Crippen molar-refractivity contribution in [3.05, 3.63) is 125 Å². The van der Waals surface area contributed by atoms with E-state index in [1.54, 1.807) is 63.2 Å². The van der Waals surface area contributed by atoms with Crippen LogP contribution in [0.2, 0.25) is 0 Å². The number of thiophene rings is 1. The lowest BCUT2D eigenvalue weighted by Gasteiger charge is -2.16. The highest BCUT2D eigenvalue weighted by Crippen LogP contribution is 2.30. The second-order valence-electron chi connectivity index (χ2n) is 28.7.